The van der Waals surface area contributed by atoms with Crippen LogP contribution in [0, 0.1) is 0 Å². The van der Waals surface area contributed by atoms with E-state index in [1.54, 1.807) is 0 Å². The first-order valence-corrected chi connectivity index (χ1v) is 4.95. The molecular formula is C4HF12NaO4S. The van der Waals surface area contributed by atoms with Crippen LogP contribution in [-0.2, 0) is 19.2 Å². The second-order valence-electron chi connectivity index (χ2n) is 2.68. The van der Waals surface area contributed by atoms with E-state index in [0.29, 0.717) is 0 Å². The fourth-order valence-corrected chi connectivity index (χ4v) is 0.385. The summed E-state index contributed by atoms with van der Waals surface area (Å²) in [6.45, 7) is 0. The molecule has 0 unspecified atom stereocenters. The van der Waals surface area contributed by atoms with E-state index in [-0.39, 0.29) is 31.0 Å². The van der Waals surface area contributed by atoms with Crippen molar-refractivity contribution in [2.75, 3.05) is 0 Å². The molecule has 0 aromatic rings. The van der Waals surface area contributed by atoms with Crippen LogP contribution in [0.5, 0.6) is 0 Å². The molecule has 0 aliphatic rings. The number of hydrogen-bond donors (Lipinski definition) is 0. The van der Waals surface area contributed by atoms with Gasteiger partial charge < -0.3 is 1.43 Å². The molecule has 22 heavy (non-hydrogen) atoms. The maximum atomic E-state index is 11.6. The van der Waals surface area contributed by atoms with Crippen molar-refractivity contribution in [1.29, 1.82) is 0 Å². The van der Waals surface area contributed by atoms with E-state index in [9.17, 15) is 61.4 Å². The quantitative estimate of drug-likeness (QED) is 0.516. The van der Waals surface area contributed by atoms with Gasteiger partial charge in [0.15, 0.2) is 0 Å². The van der Waals surface area contributed by atoms with E-state index < -0.39 is 34.6 Å². The summed E-state index contributed by atoms with van der Waals surface area (Å²) in [5.41, 5.74) is 0. The normalized spacial score (nSPS) is 13.8. The Morgan fingerprint density at radius 1 is 0.636 bits per heavy atom. The van der Waals surface area contributed by atoms with E-state index in [0.717, 1.165) is 0 Å². The van der Waals surface area contributed by atoms with Gasteiger partial charge in [-0.05, 0) is 17.8 Å². The van der Waals surface area contributed by atoms with Crippen LogP contribution in [0.2, 0.25) is 0 Å². The monoisotopic (exact) mass is 396 g/mol. The molecule has 0 aliphatic carbocycles. The molecule has 0 aromatic carbocycles. The van der Waals surface area contributed by atoms with E-state index in [2.05, 4.69) is 0 Å². The minimum Gasteiger partial charge on any atom is -1.00 e. The van der Waals surface area contributed by atoms with Gasteiger partial charge in [0.25, 0.3) is 0 Å². The van der Waals surface area contributed by atoms with Gasteiger partial charge in [-0.3, -0.25) is 0 Å². The SMILES string of the molecule is FC(F)(F)C(F)(F)C(F)(F)C(F)(F)F.O=S(=O)(OF)OF.[H-].[Na+]. The third kappa shape index (κ3) is 6.65. The summed E-state index contributed by atoms with van der Waals surface area (Å²) < 4.78 is 156. The van der Waals surface area contributed by atoms with Crippen molar-refractivity contribution in [3.05, 3.63) is 0 Å². The first-order valence-electron chi connectivity index (χ1n) is 3.62. The molecule has 0 heterocycles. The smallest absolute Gasteiger partial charge is 1.00 e. The Kier molecular flexibility index (Phi) is 10.1. The minimum absolute atomic E-state index is 0. The Bertz CT molecular complexity index is 397. The summed E-state index contributed by atoms with van der Waals surface area (Å²) in [6, 6.07) is 0. The van der Waals surface area contributed by atoms with Crippen LogP contribution in [0.25, 0.3) is 0 Å². The van der Waals surface area contributed by atoms with E-state index in [4.69, 9.17) is 0 Å². The Morgan fingerprint density at radius 2 is 0.818 bits per heavy atom. The predicted molar refractivity (Wildman–Crippen MR) is 36.4 cm³/mol. The molecule has 0 N–H and O–H groups in total. The molecule has 0 aromatic heterocycles. The largest absolute Gasteiger partial charge is 1.00 e. The number of rotatable bonds is 3. The third-order valence-corrected chi connectivity index (χ3v) is 1.57. The summed E-state index contributed by atoms with van der Waals surface area (Å²) in [6.07, 6.45) is -13.9. The van der Waals surface area contributed by atoms with Crippen molar-refractivity contribution in [2.45, 2.75) is 24.2 Å². The third-order valence-electron chi connectivity index (χ3n) is 1.26. The molecule has 0 saturated carbocycles. The molecule has 0 radical (unpaired) electrons. The predicted octanol–water partition coefficient (Wildman–Crippen LogP) is 0.531. The first-order chi connectivity index (χ1) is 8.87. The van der Waals surface area contributed by atoms with Gasteiger partial charge in [-0.15, -0.1) is 0 Å². The van der Waals surface area contributed by atoms with Gasteiger partial charge in [0.05, 0.1) is 0 Å². The zero-order valence-corrected chi connectivity index (χ0v) is 12.4. The fourth-order valence-electron chi connectivity index (χ4n) is 0.366. The summed E-state index contributed by atoms with van der Waals surface area (Å²) in [5, 5.41) is 0. The number of hydrogen-bond acceptors (Lipinski definition) is 4. The molecule has 0 amide bonds. The molecule has 4 nitrogen and oxygen atoms in total. The van der Waals surface area contributed by atoms with Crippen LogP contribution in [0.4, 0.5) is 53.0 Å². The summed E-state index contributed by atoms with van der Waals surface area (Å²) in [7, 11) is -4.99. The minimum atomic E-state index is -7.14. The topological polar surface area (TPSA) is 52.6 Å². The van der Waals surface area contributed by atoms with Crippen LogP contribution >= 0.6 is 0 Å². The second kappa shape index (κ2) is 8.22. The van der Waals surface area contributed by atoms with Gasteiger partial charge in [0.1, 0.15) is 0 Å². The summed E-state index contributed by atoms with van der Waals surface area (Å²) in [4.78, 5) is 0. The van der Waals surface area contributed by atoms with Gasteiger partial charge in [0, 0.05) is 0 Å². The van der Waals surface area contributed by atoms with Crippen LogP contribution in [0.3, 0.4) is 0 Å². The van der Waals surface area contributed by atoms with E-state index in [1.807, 2.05) is 8.78 Å². The fraction of sp³-hybridized carbons (Fsp3) is 1.00. The van der Waals surface area contributed by atoms with Gasteiger partial charge in [-0.1, -0.05) is 0 Å². The van der Waals surface area contributed by atoms with Crippen molar-refractivity contribution in [1.82, 2.24) is 0 Å². The van der Waals surface area contributed by atoms with Crippen molar-refractivity contribution >= 4 is 10.4 Å². The van der Waals surface area contributed by atoms with Gasteiger partial charge in [-0.25, -0.2) is 0 Å². The van der Waals surface area contributed by atoms with Crippen molar-refractivity contribution in [3.8, 4) is 0 Å². The number of alkyl halides is 10. The molecule has 0 saturated heterocycles. The zero-order valence-electron chi connectivity index (χ0n) is 10.6. The standard InChI is InChI=1S/C4F10.F2O4S.Na.H/c5-1(6,3(9,10)11)2(7,8)4(12,13)14;1-5-7(3,4)6-2;;/q;;+1;-1. The molecule has 18 heteroatoms. The van der Waals surface area contributed by atoms with Gasteiger partial charge in [-0.2, -0.15) is 52.3 Å². The Labute approximate surface area is 136 Å². The molecule has 132 valence electrons. The summed E-state index contributed by atoms with van der Waals surface area (Å²) in [5.74, 6) is -14.3. The van der Waals surface area contributed by atoms with Crippen molar-refractivity contribution in [2.24, 2.45) is 0 Å². The molecule has 0 atom stereocenters. The van der Waals surface area contributed by atoms with Crippen LogP contribution in [-0.4, -0.2) is 32.6 Å². The maximum absolute atomic E-state index is 11.6. The average molecular weight is 396 g/mol. The first kappa shape index (κ1) is 26.9. The maximum Gasteiger partial charge on any atom is 1.00 e. The molecule has 0 aliphatic heterocycles. The Morgan fingerprint density at radius 3 is 0.864 bits per heavy atom. The van der Waals surface area contributed by atoms with Crippen molar-refractivity contribution in [3.63, 3.8) is 0 Å². The molecular weight excluding hydrogens is 395 g/mol. The van der Waals surface area contributed by atoms with Gasteiger partial charge >= 0.3 is 64.2 Å². The Balaban J connectivity index is -0.000000173. The van der Waals surface area contributed by atoms with Crippen molar-refractivity contribution < 1.29 is 101 Å². The van der Waals surface area contributed by atoms with Crippen LogP contribution < -0.4 is 29.6 Å². The molecule has 0 fully saturated rings. The summed E-state index contributed by atoms with van der Waals surface area (Å²) >= 11 is 0. The zero-order chi connectivity index (χ0) is 17.9. The second-order valence-corrected chi connectivity index (χ2v) is 3.75. The van der Waals surface area contributed by atoms with Crippen LogP contribution in [0.15, 0.2) is 0 Å². The Hall–Kier alpha value is 0.0300. The van der Waals surface area contributed by atoms with E-state index in [1.165, 1.54) is 0 Å². The molecule has 0 spiro atoms. The van der Waals surface area contributed by atoms with Gasteiger partial charge in [0.2, 0.25) is 0 Å². The van der Waals surface area contributed by atoms with Crippen LogP contribution in [0.1, 0.15) is 1.43 Å². The van der Waals surface area contributed by atoms with E-state index >= 15 is 0 Å². The number of halogens is 12. The molecule has 0 rings (SSSR count). The average Bonchev–Trinajstić information content (AvgIpc) is 2.26. The molecule has 0 bridgehead atoms.